The van der Waals surface area contributed by atoms with Crippen molar-refractivity contribution in [3.8, 4) is 0 Å². The highest BCUT2D eigenvalue weighted by Gasteiger charge is 2.32. The van der Waals surface area contributed by atoms with E-state index in [4.69, 9.17) is 0 Å². The van der Waals surface area contributed by atoms with Gasteiger partial charge in [0.1, 0.15) is 5.78 Å². The molecule has 0 radical (unpaired) electrons. The molecule has 1 fully saturated rings. The molecule has 1 aromatic heterocycles. The molecule has 1 aromatic rings. The van der Waals surface area contributed by atoms with E-state index in [0.717, 1.165) is 13.0 Å². The molecule has 3 heteroatoms. The van der Waals surface area contributed by atoms with Gasteiger partial charge in [-0.1, -0.05) is 19.9 Å². The molecule has 17 heavy (non-hydrogen) atoms. The summed E-state index contributed by atoms with van der Waals surface area (Å²) in [5, 5.41) is 2.14. The third kappa shape index (κ3) is 2.78. The average Bonchev–Trinajstić information content (AvgIpc) is 2.74. The highest BCUT2D eigenvalue weighted by atomic mass is 32.1. The molecule has 2 rings (SSSR count). The van der Waals surface area contributed by atoms with Gasteiger partial charge in [-0.05, 0) is 24.3 Å². The van der Waals surface area contributed by atoms with E-state index in [2.05, 4.69) is 43.2 Å². The second-order valence-electron chi connectivity index (χ2n) is 5.28. The van der Waals surface area contributed by atoms with Crippen LogP contribution in [0.1, 0.15) is 44.5 Å². The highest BCUT2D eigenvalue weighted by Crippen LogP contribution is 2.35. The Morgan fingerprint density at radius 2 is 2.24 bits per heavy atom. The van der Waals surface area contributed by atoms with E-state index in [1.165, 1.54) is 4.88 Å². The first-order valence-electron chi connectivity index (χ1n) is 6.40. The zero-order valence-corrected chi connectivity index (χ0v) is 11.7. The van der Waals surface area contributed by atoms with Crippen molar-refractivity contribution in [3.63, 3.8) is 0 Å². The minimum Gasteiger partial charge on any atom is -0.300 e. The molecule has 2 unspecified atom stereocenters. The Bertz CT molecular complexity index is 372. The Kier molecular flexibility index (Phi) is 4.00. The van der Waals surface area contributed by atoms with E-state index >= 15 is 0 Å². The summed E-state index contributed by atoms with van der Waals surface area (Å²) in [4.78, 5) is 15.4. The van der Waals surface area contributed by atoms with Crippen LogP contribution >= 0.6 is 11.3 Å². The van der Waals surface area contributed by atoms with Crippen molar-refractivity contribution in [2.75, 3.05) is 6.54 Å². The number of hydrogen-bond acceptors (Lipinski definition) is 3. The molecule has 0 amide bonds. The van der Waals surface area contributed by atoms with Crippen molar-refractivity contribution >= 4 is 17.1 Å². The maximum absolute atomic E-state index is 11.5. The fraction of sp³-hybridized carbons (Fsp3) is 0.643. The quantitative estimate of drug-likeness (QED) is 0.819. The second-order valence-corrected chi connectivity index (χ2v) is 6.26. The SMILES string of the molecule is CC(C)C(c1cccs1)N1CCC(=O)CC1C. The van der Waals surface area contributed by atoms with Crippen LogP contribution in [0.15, 0.2) is 17.5 Å². The summed E-state index contributed by atoms with van der Waals surface area (Å²) < 4.78 is 0. The van der Waals surface area contributed by atoms with Gasteiger partial charge < -0.3 is 0 Å². The summed E-state index contributed by atoms with van der Waals surface area (Å²) in [5.74, 6) is 1.01. The Balaban J connectivity index is 2.19. The van der Waals surface area contributed by atoms with Gasteiger partial charge in [0.15, 0.2) is 0 Å². The van der Waals surface area contributed by atoms with Crippen molar-refractivity contribution in [2.24, 2.45) is 5.92 Å². The number of carbonyl (C=O) groups excluding carboxylic acids is 1. The van der Waals surface area contributed by atoms with Gasteiger partial charge in [0.25, 0.3) is 0 Å². The largest absolute Gasteiger partial charge is 0.300 e. The number of likely N-dealkylation sites (tertiary alicyclic amines) is 1. The van der Waals surface area contributed by atoms with Crippen LogP contribution in [0.5, 0.6) is 0 Å². The Labute approximate surface area is 108 Å². The van der Waals surface area contributed by atoms with E-state index in [1.54, 1.807) is 0 Å². The zero-order valence-electron chi connectivity index (χ0n) is 10.8. The number of rotatable bonds is 3. The molecule has 2 heterocycles. The molecule has 0 spiro atoms. The molecule has 0 saturated carbocycles. The molecule has 1 aliphatic rings. The van der Waals surface area contributed by atoms with Crippen LogP contribution in [0.3, 0.4) is 0 Å². The Morgan fingerprint density at radius 3 is 2.76 bits per heavy atom. The number of nitrogens with zero attached hydrogens (tertiary/aromatic N) is 1. The van der Waals surface area contributed by atoms with Crippen LogP contribution in [0.4, 0.5) is 0 Å². The summed E-state index contributed by atoms with van der Waals surface area (Å²) in [6.07, 6.45) is 1.44. The molecule has 0 N–H and O–H groups in total. The molecule has 2 nitrogen and oxygen atoms in total. The zero-order chi connectivity index (χ0) is 12.4. The molecule has 1 saturated heterocycles. The summed E-state index contributed by atoms with van der Waals surface area (Å²) in [6, 6.07) is 5.19. The third-order valence-electron chi connectivity index (χ3n) is 3.56. The van der Waals surface area contributed by atoms with Crippen molar-refractivity contribution in [1.82, 2.24) is 4.90 Å². The smallest absolute Gasteiger partial charge is 0.135 e. The van der Waals surface area contributed by atoms with Gasteiger partial charge in [-0.15, -0.1) is 11.3 Å². The summed E-state index contributed by atoms with van der Waals surface area (Å²) in [7, 11) is 0. The van der Waals surface area contributed by atoms with Gasteiger partial charge in [-0.2, -0.15) is 0 Å². The van der Waals surface area contributed by atoms with Crippen LogP contribution in [-0.2, 0) is 4.79 Å². The Hall–Kier alpha value is -0.670. The first kappa shape index (κ1) is 12.8. The predicted molar refractivity (Wildman–Crippen MR) is 72.3 cm³/mol. The van der Waals surface area contributed by atoms with Crippen LogP contribution < -0.4 is 0 Å². The number of carbonyl (C=O) groups is 1. The first-order chi connectivity index (χ1) is 8.09. The maximum Gasteiger partial charge on any atom is 0.135 e. The number of piperidine rings is 1. The van der Waals surface area contributed by atoms with Crippen molar-refractivity contribution in [3.05, 3.63) is 22.4 Å². The lowest BCUT2D eigenvalue weighted by Gasteiger charge is -2.40. The normalized spacial score (nSPS) is 24.2. The maximum atomic E-state index is 11.5. The topological polar surface area (TPSA) is 20.3 Å². The van der Waals surface area contributed by atoms with Gasteiger partial charge in [-0.3, -0.25) is 9.69 Å². The van der Waals surface area contributed by atoms with Gasteiger partial charge in [0.2, 0.25) is 0 Å². The van der Waals surface area contributed by atoms with E-state index in [9.17, 15) is 4.79 Å². The average molecular weight is 251 g/mol. The van der Waals surface area contributed by atoms with Crippen LogP contribution in [-0.4, -0.2) is 23.3 Å². The minimum atomic E-state index is 0.380. The van der Waals surface area contributed by atoms with E-state index in [0.29, 0.717) is 30.2 Å². The van der Waals surface area contributed by atoms with E-state index in [-0.39, 0.29) is 0 Å². The van der Waals surface area contributed by atoms with Crippen LogP contribution in [0, 0.1) is 5.92 Å². The van der Waals surface area contributed by atoms with Gasteiger partial charge in [0.05, 0.1) is 0 Å². The fourth-order valence-corrected chi connectivity index (χ4v) is 3.79. The molecule has 0 aromatic carbocycles. The van der Waals surface area contributed by atoms with Crippen LogP contribution in [0.2, 0.25) is 0 Å². The lowest BCUT2D eigenvalue weighted by Crippen LogP contribution is -2.44. The first-order valence-corrected chi connectivity index (χ1v) is 7.28. The molecular weight excluding hydrogens is 230 g/mol. The summed E-state index contributed by atoms with van der Waals surface area (Å²) >= 11 is 1.83. The van der Waals surface area contributed by atoms with Crippen molar-refractivity contribution in [1.29, 1.82) is 0 Å². The van der Waals surface area contributed by atoms with Gasteiger partial charge >= 0.3 is 0 Å². The lowest BCUT2D eigenvalue weighted by molar-refractivity contribution is -0.124. The molecule has 2 atom stereocenters. The van der Waals surface area contributed by atoms with E-state index < -0.39 is 0 Å². The van der Waals surface area contributed by atoms with Gasteiger partial charge in [-0.25, -0.2) is 0 Å². The van der Waals surface area contributed by atoms with Crippen LogP contribution in [0.25, 0.3) is 0 Å². The lowest BCUT2D eigenvalue weighted by atomic mass is 9.94. The predicted octanol–water partition coefficient (Wildman–Crippen LogP) is 3.50. The number of ketones is 1. The monoisotopic (exact) mass is 251 g/mol. The fourth-order valence-electron chi connectivity index (χ4n) is 2.77. The van der Waals surface area contributed by atoms with E-state index in [1.807, 2.05) is 11.3 Å². The highest BCUT2D eigenvalue weighted by molar-refractivity contribution is 7.10. The standard InChI is InChI=1S/C14H21NOS/c1-10(2)14(13-5-4-8-17-13)15-7-6-12(16)9-11(15)3/h4-5,8,10-11,14H,6-7,9H2,1-3H3. The second kappa shape index (κ2) is 5.32. The summed E-state index contributed by atoms with van der Waals surface area (Å²) in [5.41, 5.74) is 0. The minimum absolute atomic E-state index is 0.380. The molecular formula is C14H21NOS. The summed E-state index contributed by atoms with van der Waals surface area (Å²) in [6.45, 7) is 7.64. The van der Waals surface area contributed by atoms with Crippen molar-refractivity contribution in [2.45, 2.75) is 45.7 Å². The Morgan fingerprint density at radius 1 is 1.47 bits per heavy atom. The van der Waals surface area contributed by atoms with Crippen molar-refractivity contribution < 1.29 is 4.79 Å². The van der Waals surface area contributed by atoms with Gasteiger partial charge in [0, 0.05) is 36.3 Å². The molecule has 94 valence electrons. The molecule has 0 bridgehead atoms. The molecule has 0 aliphatic carbocycles. The number of thiophene rings is 1. The number of hydrogen-bond donors (Lipinski definition) is 0. The third-order valence-corrected chi connectivity index (χ3v) is 4.50. The molecule has 1 aliphatic heterocycles. The number of Topliss-reactive ketones (excluding diaryl/α,β-unsaturated/α-hetero) is 1.